The van der Waals surface area contributed by atoms with Gasteiger partial charge in [0.25, 0.3) is 0 Å². The van der Waals surface area contributed by atoms with Crippen molar-refractivity contribution < 1.29 is 14.0 Å². The number of fused-ring (bicyclic) bond motifs is 1. The van der Waals surface area contributed by atoms with E-state index in [1.165, 1.54) is 6.07 Å². The zero-order valence-corrected chi connectivity index (χ0v) is 22.3. The predicted octanol–water partition coefficient (Wildman–Crippen LogP) is 5.09. The van der Waals surface area contributed by atoms with Gasteiger partial charge in [0.2, 0.25) is 11.8 Å². The summed E-state index contributed by atoms with van der Waals surface area (Å²) in [5, 5.41) is 2.96. The molecule has 1 N–H and O–H groups in total. The van der Waals surface area contributed by atoms with E-state index in [0.717, 1.165) is 29.5 Å². The van der Waals surface area contributed by atoms with Crippen LogP contribution in [0.5, 0.6) is 0 Å². The van der Waals surface area contributed by atoms with Crippen LogP contribution in [0.25, 0.3) is 4.85 Å². The van der Waals surface area contributed by atoms with Crippen molar-refractivity contribution >= 4 is 35.6 Å². The number of rotatable bonds is 10. The second kappa shape index (κ2) is 13.3. The summed E-state index contributed by atoms with van der Waals surface area (Å²) in [7, 11) is 1.77. The summed E-state index contributed by atoms with van der Waals surface area (Å²) in [5.74, 6) is 0.0389. The lowest BCUT2D eigenvalue weighted by Crippen LogP contribution is -2.47. The Morgan fingerprint density at radius 1 is 1.14 bits per heavy atom. The zero-order valence-electron chi connectivity index (χ0n) is 21.5. The van der Waals surface area contributed by atoms with E-state index in [2.05, 4.69) is 24.0 Å². The molecule has 0 radical (unpaired) electrons. The van der Waals surface area contributed by atoms with Crippen LogP contribution in [0.1, 0.15) is 43.4 Å². The largest absolute Gasteiger partial charge is 0.355 e. The molecule has 8 heteroatoms. The van der Waals surface area contributed by atoms with Crippen LogP contribution in [-0.2, 0) is 22.4 Å². The van der Waals surface area contributed by atoms with Crippen LogP contribution in [0.4, 0.5) is 15.8 Å². The van der Waals surface area contributed by atoms with Crippen LogP contribution in [0.15, 0.2) is 36.4 Å². The standard InChI is InChI=1S/C28H35FN4O2.ClH/c1-19(2)7-6-12-31-27(34)17-33(26-16-24(30-4)11-8-20(26)3)18-28(35)32(5)25-14-21-9-10-23(29)13-22(21)15-25;/h8-11,13,16,19,25H,6-7,12,14-15,17-18H2,1-3,5H3,(H,31,34);1H. The Labute approximate surface area is 220 Å². The lowest BCUT2D eigenvalue weighted by molar-refractivity contribution is -0.130. The van der Waals surface area contributed by atoms with Gasteiger partial charge in [-0.2, -0.15) is 0 Å². The van der Waals surface area contributed by atoms with E-state index in [0.29, 0.717) is 36.7 Å². The topological polar surface area (TPSA) is 57.0 Å². The molecule has 2 amide bonds. The first kappa shape index (κ1) is 29.1. The van der Waals surface area contributed by atoms with Crippen LogP contribution in [0.3, 0.4) is 0 Å². The molecule has 3 rings (SSSR count). The number of halogens is 2. The maximum atomic E-state index is 13.6. The highest BCUT2D eigenvalue weighted by Crippen LogP contribution is 2.28. The second-order valence-electron chi connectivity index (χ2n) is 9.80. The van der Waals surface area contributed by atoms with E-state index in [-0.39, 0.29) is 49.2 Å². The van der Waals surface area contributed by atoms with Crippen molar-refractivity contribution in [1.29, 1.82) is 0 Å². The lowest BCUT2D eigenvalue weighted by atomic mass is 10.1. The molecule has 1 unspecified atom stereocenters. The number of likely N-dealkylation sites (N-methyl/N-ethyl adjacent to an activating group) is 1. The molecule has 36 heavy (non-hydrogen) atoms. The molecule has 0 saturated heterocycles. The molecule has 1 aliphatic rings. The van der Waals surface area contributed by atoms with Crippen molar-refractivity contribution in [1.82, 2.24) is 10.2 Å². The zero-order chi connectivity index (χ0) is 25.5. The molecule has 0 bridgehead atoms. The van der Waals surface area contributed by atoms with Crippen molar-refractivity contribution in [3.8, 4) is 0 Å². The first-order chi connectivity index (χ1) is 16.7. The fraction of sp³-hybridized carbons (Fsp3) is 0.464. The van der Waals surface area contributed by atoms with E-state index < -0.39 is 0 Å². The average Bonchev–Trinajstić information content (AvgIpc) is 3.24. The Kier molecular flexibility index (Phi) is 10.7. The van der Waals surface area contributed by atoms with Crippen LogP contribution in [0, 0.1) is 25.2 Å². The number of anilines is 1. The van der Waals surface area contributed by atoms with Gasteiger partial charge in [0.15, 0.2) is 5.69 Å². The Morgan fingerprint density at radius 2 is 1.86 bits per heavy atom. The molecular formula is C28H36ClFN4O2. The number of nitrogens with one attached hydrogen (secondary N) is 1. The van der Waals surface area contributed by atoms with Gasteiger partial charge in [-0.3, -0.25) is 9.59 Å². The van der Waals surface area contributed by atoms with Gasteiger partial charge < -0.3 is 15.1 Å². The molecule has 0 saturated carbocycles. The van der Waals surface area contributed by atoms with Gasteiger partial charge in [0, 0.05) is 25.3 Å². The molecule has 1 atom stereocenters. The van der Waals surface area contributed by atoms with Crippen molar-refractivity contribution in [2.75, 3.05) is 31.6 Å². The van der Waals surface area contributed by atoms with Crippen LogP contribution < -0.4 is 10.2 Å². The minimum absolute atomic E-state index is 0. The smallest absolute Gasteiger partial charge is 0.242 e. The van der Waals surface area contributed by atoms with Gasteiger partial charge in [0.1, 0.15) is 5.82 Å². The van der Waals surface area contributed by atoms with Crippen LogP contribution in [0.2, 0.25) is 0 Å². The second-order valence-corrected chi connectivity index (χ2v) is 9.80. The maximum absolute atomic E-state index is 13.6. The van der Waals surface area contributed by atoms with Crippen molar-refractivity contribution in [2.45, 2.75) is 52.5 Å². The summed E-state index contributed by atoms with van der Waals surface area (Å²) in [4.78, 5) is 33.1. The molecule has 6 nitrogen and oxygen atoms in total. The average molecular weight is 515 g/mol. The van der Waals surface area contributed by atoms with E-state index in [1.807, 2.05) is 13.0 Å². The number of benzene rings is 2. The fourth-order valence-electron chi connectivity index (χ4n) is 4.52. The minimum Gasteiger partial charge on any atom is -0.355 e. The molecule has 0 heterocycles. The first-order valence-corrected chi connectivity index (χ1v) is 12.2. The third-order valence-corrected chi connectivity index (χ3v) is 6.62. The molecule has 1 aliphatic carbocycles. The molecule has 194 valence electrons. The van der Waals surface area contributed by atoms with E-state index in [4.69, 9.17) is 6.57 Å². The van der Waals surface area contributed by atoms with E-state index >= 15 is 0 Å². The normalized spacial score (nSPS) is 14.0. The van der Waals surface area contributed by atoms with Gasteiger partial charge in [-0.05, 0) is 73.4 Å². The predicted molar refractivity (Wildman–Crippen MR) is 144 cm³/mol. The number of nitrogens with zero attached hydrogens (tertiary/aromatic N) is 3. The summed E-state index contributed by atoms with van der Waals surface area (Å²) in [6.07, 6.45) is 3.23. The third kappa shape index (κ3) is 7.69. The first-order valence-electron chi connectivity index (χ1n) is 12.2. The Balaban J connectivity index is 0.00000456. The van der Waals surface area contributed by atoms with Gasteiger partial charge in [-0.25, -0.2) is 9.24 Å². The Bertz CT molecular complexity index is 1120. The molecule has 0 spiro atoms. The van der Waals surface area contributed by atoms with E-state index in [1.54, 1.807) is 41.1 Å². The SMILES string of the molecule is Cl.[C-]#[N+]c1ccc(C)c(N(CC(=O)NCCCC(C)C)CC(=O)N(C)C2Cc3ccc(F)cc3C2)c1. The Morgan fingerprint density at radius 3 is 2.56 bits per heavy atom. The van der Waals surface area contributed by atoms with Gasteiger partial charge >= 0.3 is 0 Å². The van der Waals surface area contributed by atoms with Crippen LogP contribution >= 0.6 is 12.4 Å². The summed E-state index contributed by atoms with van der Waals surface area (Å²) >= 11 is 0. The molecule has 0 aromatic heterocycles. The maximum Gasteiger partial charge on any atom is 0.242 e. The van der Waals surface area contributed by atoms with Crippen molar-refractivity contribution in [3.63, 3.8) is 0 Å². The summed E-state index contributed by atoms with van der Waals surface area (Å²) in [6.45, 7) is 14.2. The number of carbonyl (C=O) groups excluding carboxylic acids is 2. The number of amides is 2. The van der Waals surface area contributed by atoms with Crippen molar-refractivity contribution in [3.05, 3.63) is 70.3 Å². The molecule has 0 aliphatic heterocycles. The molecular weight excluding hydrogens is 479 g/mol. The summed E-state index contributed by atoms with van der Waals surface area (Å²) in [5.41, 5.74) is 4.06. The molecule has 0 fully saturated rings. The molecule has 2 aromatic rings. The monoisotopic (exact) mass is 514 g/mol. The lowest BCUT2D eigenvalue weighted by Gasteiger charge is -2.30. The van der Waals surface area contributed by atoms with Crippen LogP contribution in [-0.4, -0.2) is 49.4 Å². The summed E-state index contributed by atoms with van der Waals surface area (Å²) < 4.78 is 13.6. The third-order valence-electron chi connectivity index (χ3n) is 6.62. The van der Waals surface area contributed by atoms with Crippen molar-refractivity contribution in [2.24, 2.45) is 5.92 Å². The number of hydrogen-bond donors (Lipinski definition) is 1. The Hall–Kier alpha value is -3.11. The van der Waals surface area contributed by atoms with Gasteiger partial charge in [-0.15, -0.1) is 12.4 Å². The summed E-state index contributed by atoms with van der Waals surface area (Å²) in [6, 6.07) is 10.0. The fourth-order valence-corrected chi connectivity index (χ4v) is 4.52. The number of hydrogen-bond acceptors (Lipinski definition) is 3. The van der Waals surface area contributed by atoms with Gasteiger partial charge in [0.05, 0.1) is 19.7 Å². The number of aryl methyl sites for hydroxylation is 1. The highest BCUT2D eigenvalue weighted by atomic mass is 35.5. The highest BCUT2D eigenvalue weighted by Gasteiger charge is 2.29. The van der Waals surface area contributed by atoms with Gasteiger partial charge in [-0.1, -0.05) is 32.0 Å². The quantitative estimate of drug-likeness (QED) is 0.355. The van der Waals surface area contributed by atoms with E-state index in [9.17, 15) is 14.0 Å². The molecule has 2 aromatic carbocycles. The number of carbonyl (C=O) groups is 2. The minimum atomic E-state index is -0.265. The highest BCUT2D eigenvalue weighted by molar-refractivity contribution is 5.87.